The van der Waals surface area contributed by atoms with E-state index >= 15 is 0 Å². The molecule has 1 aliphatic rings. The zero-order valence-corrected chi connectivity index (χ0v) is 7.24. The first-order valence-corrected chi connectivity index (χ1v) is 3.97. The van der Waals surface area contributed by atoms with Crippen LogP contribution in [0.4, 0.5) is 0 Å². The zero-order valence-electron chi connectivity index (χ0n) is 7.24. The third kappa shape index (κ3) is 1.40. The molecular formula is C7H14BNO2. The smallest absolute Gasteiger partial charge is 0.418 e. The summed E-state index contributed by atoms with van der Waals surface area (Å²) in [5.74, 6) is 0.537. The quantitative estimate of drug-likeness (QED) is 0.513. The molecule has 4 heteroatoms. The van der Waals surface area contributed by atoms with Gasteiger partial charge in [-0.3, -0.25) is 4.79 Å². The maximum Gasteiger partial charge on any atom is 0.418 e. The number of hydrogen-bond donors (Lipinski definition) is 1. The second-order valence-electron chi connectivity index (χ2n) is 3.46. The minimum absolute atomic E-state index is 0.0445. The zero-order chi connectivity index (χ0) is 8.59. The van der Waals surface area contributed by atoms with E-state index in [2.05, 4.69) is 0 Å². The summed E-state index contributed by atoms with van der Waals surface area (Å²) in [7, 11) is 1.06. The molecule has 0 aromatic rings. The van der Waals surface area contributed by atoms with Crippen LogP contribution >= 0.6 is 0 Å². The summed E-state index contributed by atoms with van der Waals surface area (Å²) in [6.07, 6.45) is 0.564. The number of hydrogen-bond acceptors (Lipinski definition) is 2. The van der Waals surface area contributed by atoms with E-state index in [1.165, 1.54) is 4.81 Å². The molecule has 1 aliphatic heterocycles. The topological polar surface area (TPSA) is 40.5 Å². The average Bonchev–Trinajstić information content (AvgIpc) is 1.97. The van der Waals surface area contributed by atoms with Gasteiger partial charge in [-0.25, -0.2) is 0 Å². The van der Waals surface area contributed by atoms with Crippen molar-refractivity contribution in [3.8, 4) is 0 Å². The molecule has 1 amide bonds. The summed E-state index contributed by atoms with van der Waals surface area (Å²) in [6, 6.07) is 0. The first kappa shape index (κ1) is 8.59. The highest BCUT2D eigenvalue weighted by atomic mass is 16.2. The number of nitrogens with zero attached hydrogens (tertiary/aromatic N) is 1. The van der Waals surface area contributed by atoms with Gasteiger partial charge in [0.05, 0.1) is 0 Å². The van der Waals surface area contributed by atoms with Crippen molar-refractivity contribution in [2.24, 2.45) is 5.92 Å². The first-order chi connectivity index (χ1) is 5.04. The number of carbonyl (C=O) groups is 1. The summed E-state index contributed by atoms with van der Waals surface area (Å²) in [4.78, 5) is 12.5. The Morgan fingerprint density at radius 1 is 1.64 bits per heavy atom. The van der Waals surface area contributed by atoms with Gasteiger partial charge in [-0.05, 0) is 18.8 Å². The van der Waals surface area contributed by atoms with Crippen molar-refractivity contribution < 1.29 is 9.82 Å². The predicted octanol–water partition coefficient (Wildman–Crippen LogP) is 0.355. The molecule has 1 N–H and O–H groups in total. The van der Waals surface area contributed by atoms with Crippen molar-refractivity contribution in [2.45, 2.75) is 26.1 Å². The molecule has 1 saturated heterocycles. The van der Waals surface area contributed by atoms with Crippen molar-refractivity contribution >= 4 is 13.0 Å². The first-order valence-electron chi connectivity index (χ1n) is 3.97. The molecule has 1 fully saturated rings. The highest BCUT2D eigenvalue weighted by molar-refractivity contribution is 6.53. The summed E-state index contributed by atoms with van der Waals surface area (Å²) >= 11 is 0. The van der Waals surface area contributed by atoms with Crippen LogP contribution in [-0.4, -0.2) is 29.8 Å². The van der Waals surface area contributed by atoms with Crippen LogP contribution in [0.5, 0.6) is 0 Å². The molecule has 2 unspecified atom stereocenters. The lowest BCUT2D eigenvalue weighted by atomic mass is 9.58. The van der Waals surface area contributed by atoms with Gasteiger partial charge in [0.2, 0.25) is 5.91 Å². The van der Waals surface area contributed by atoms with Gasteiger partial charge < -0.3 is 9.83 Å². The molecule has 0 aromatic heterocycles. The lowest BCUT2D eigenvalue weighted by Crippen LogP contribution is -2.49. The number of amides is 1. The maximum absolute atomic E-state index is 11.1. The third-order valence-corrected chi connectivity index (χ3v) is 2.65. The van der Waals surface area contributed by atoms with Gasteiger partial charge in [0.15, 0.2) is 0 Å². The van der Waals surface area contributed by atoms with Gasteiger partial charge in [0.1, 0.15) is 0 Å². The molecule has 1 heterocycles. The van der Waals surface area contributed by atoms with E-state index in [1.54, 1.807) is 7.05 Å². The lowest BCUT2D eigenvalue weighted by molar-refractivity contribution is -0.128. The summed E-state index contributed by atoms with van der Waals surface area (Å²) in [6.45, 7) is 3.97. The van der Waals surface area contributed by atoms with Gasteiger partial charge in [-0.2, -0.15) is 0 Å². The maximum atomic E-state index is 11.1. The van der Waals surface area contributed by atoms with Crippen molar-refractivity contribution in [2.75, 3.05) is 7.05 Å². The van der Waals surface area contributed by atoms with Crippen LogP contribution in [-0.2, 0) is 4.79 Å². The molecule has 3 nitrogen and oxygen atoms in total. The van der Waals surface area contributed by atoms with E-state index in [0.717, 1.165) is 0 Å². The Bertz CT molecular complexity index is 174. The minimum atomic E-state index is -0.591. The molecule has 2 atom stereocenters. The summed E-state index contributed by atoms with van der Waals surface area (Å²) < 4.78 is 0. The molecule has 1 rings (SSSR count). The second kappa shape index (κ2) is 2.85. The molecule has 11 heavy (non-hydrogen) atoms. The van der Waals surface area contributed by atoms with E-state index in [9.17, 15) is 9.82 Å². The van der Waals surface area contributed by atoms with E-state index in [4.69, 9.17) is 0 Å². The average molecular weight is 155 g/mol. The Labute approximate surface area is 67.5 Å². The van der Waals surface area contributed by atoms with E-state index in [1.807, 2.05) is 13.8 Å². The molecule has 62 valence electrons. The van der Waals surface area contributed by atoms with Crippen LogP contribution in [0.3, 0.4) is 0 Å². The van der Waals surface area contributed by atoms with Crippen molar-refractivity contribution in [1.29, 1.82) is 0 Å². The van der Waals surface area contributed by atoms with Gasteiger partial charge in [-0.1, -0.05) is 13.8 Å². The monoisotopic (exact) mass is 155 g/mol. The highest BCUT2D eigenvalue weighted by Crippen LogP contribution is 2.29. The van der Waals surface area contributed by atoms with Crippen LogP contribution in [0.15, 0.2) is 0 Å². The van der Waals surface area contributed by atoms with Gasteiger partial charge >= 0.3 is 7.05 Å². The fourth-order valence-corrected chi connectivity index (χ4v) is 1.40. The SMILES string of the molecule is CC1CC(=O)N(C)B(O)C1C. The van der Waals surface area contributed by atoms with Crippen LogP contribution < -0.4 is 0 Å². The van der Waals surface area contributed by atoms with Crippen LogP contribution in [0.2, 0.25) is 5.82 Å². The van der Waals surface area contributed by atoms with Gasteiger partial charge in [-0.15, -0.1) is 0 Å². The standard InChI is InChI=1S/C7H14BNO2/c1-5-4-7(10)9(3)8(11)6(5)2/h5-6,11H,4H2,1-3H3. The van der Waals surface area contributed by atoms with E-state index in [0.29, 0.717) is 12.3 Å². The molecule has 0 saturated carbocycles. The largest absolute Gasteiger partial charge is 0.432 e. The Hall–Kier alpha value is -0.505. The molecular weight excluding hydrogens is 141 g/mol. The highest BCUT2D eigenvalue weighted by Gasteiger charge is 2.38. The fourth-order valence-electron chi connectivity index (χ4n) is 1.40. The molecule has 0 bridgehead atoms. The Morgan fingerprint density at radius 2 is 2.18 bits per heavy atom. The molecule has 0 radical (unpaired) electrons. The Kier molecular flexibility index (Phi) is 2.23. The van der Waals surface area contributed by atoms with Crippen molar-refractivity contribution in [3.05, 3.63) is 0 Å². The summed E-state index contributed by atoms with van der Waals surface area (Å²) in [5.41, 5.74) is 0. The second-order valence-corrected chi connectivity index (χ2v) is 3.46. The van der Waals surface area contributed by atoms with E-state index in [-0.39, 0.29) is 11.7 Å². The van der Waals surface area contributed by atoms with Crippen LogP contribution in [0.1, 0.15) is 20.3 Å². The van der Waals surface area contributed by atoms with Crippen LogP contribution in [0.25, 0.3) is 0 Å². The van der Waals surface area contributed by atoms with Crippen LogP contribution in [0, 0.1) is 5.92 Å². The fraction of sp³-hybridized carbons (Fsp3) is 0.857. The van der Waals surface area contributed by atoms with Crippen molar-refractivity contribution in [3.63, 3.8) is 0 Å². The molecule has 0 spiro atoms. The number of carbonyl (C=O) groups excluding carboxylic acids is 1. The minimum Gasteiger partial charge on any atom is -0.432 e. The van der Waals surface area contributed by atoms with E-state index < -0.39 is 7.05 Å². The molecule has 0 aromatic carbocycles. The van der Waals surface area contributed by atoms with Gasteiger partial charge in [0.25, 0.3) is 0 Å². The Balaban J connectivity index is 2.70. The number of rotatable bonds is 0. The summed E-state index contributed by atoms with van der Waals surface area (Å²) in [5, 5.41) is 9.49. The lowest BCUT2D eigenvalue weighted by Gasteiger charge is -2.34. The van der Waals surface area contributed by atoms with Gasteiger partial charge in [0, 0.05) is 6.42 Å². The Morgan fingerprint density at radius 3 is 2.73 bits per heavy atom. The molecule has 0 aliphatic carbocycles. The third-order valence-electron chi connectivity index (χ3n) is 2.65. The predicted molar refractivity (Wildman–Crippen MR) is 43.9 cm³/mol. The normalized spacial score (nSPS) is 32.9. The van der Waals surface area contributed by atoms with Crippen molar-refractivity contribution in [1.82, 2.24) is 4.81 Å².